The van der Waals surface area contributed by atoms with Crippen LogP contribution in [-0.4, -0.2) is 52.3 Å². The Hall–Kier alpha value is -2.54. The lowest BCUT2D eigenvalue weighted by Gasteiger charge is -2.24. The molecule has 8 heteroatoms. The number of benzene rings is 1. The summed E-state index contributed by atoms with van der Waals surface area (Å²) in [4.78, 5) is 28.2. The summed E-state index contributed by atoms with van der Waals surface area (Å²) in [7, 11) is 0. The van der Waals surface area contributed by atoms with E-state index in [0.717, 1.165) is 5.69 Å². The van der Waals surface area contributed by atoms with Gasteiger partial charge in [-0.15, -0.1) is 0 Å². The van der Waals surface area contributed by atoms with Crippen molar-refractivity contribution in [1.29, 1.82) is 0 Å². The number of carbonyl (C=O) groups excluding carboxylic acids is 2. The molecule has 7 nitrogen and oxygen atoms in total. The van der Waals surface area contributed by atoms with Crippen molar-refractivity contribution in [2.75, 3.05) is 24.5 Å². The largest absolute Gasteiger partial charge is 0.333 e. The van der Waals surface area contributed by atoms with Crippen molar-refractivity contribution in [3.05, 3.63) is 47.7 Å². The SMILES string of the molecule is CCN(CCn1cccn1)C(=O)N[C@H]1CC(=O)N(c2cccc(Cl)c2)C1. The van der Waals surface area contributed by atoms with Crippen LogP contribution in [0.4, 0.5) is 10.5 Å². The lowest BCUT2D eigenvalue weighted by Crippen LogP contribution is -2.46. The number of carbonyl (C=O) groups is 2. The summed E-state index contributed by atoms with van der Waals surface area (Å²) in [5.74, 6) is -0.0165. The molecule has 3 rings (SSSR count). The third-order valence-corrected chi connectivity index (χ3v) is 4.63. The first-order valence-electron chi connectivity index (χ1n) is 8.65. The number of likely N-dealkylation sites (N-methyl/N-ethyl adjacent to an activating group) is 1. The Bertz CT molecular complexity index is 765. The minimum atomic E-state index is -0.215. The minimum absolute atomic E-state index is 0.0165. The van der Waals surface area contributed by atoms with E-state index in [9.17, 15) is 9.59 Å². The first kappa shape index (κ1) is 18.3. The van der Waals surface area contributed by atoms with Crippen LogP contribution < -0.4 is 10.2 Å². The molecule has 0 unspecified atom stereocenters. The van der Waals surface area contributed by atoms with Gasteiger partial charge in [-0.1, -0.05) is 17.7 Å². The van der Waals surface area contributed by atoms with Crippen LogP contribution in [-0.2, 0) is 11.3 Å². The Morgan fingerprint density at radius 1 is 1.42 bits per heavy atom. The predicted molar refractivity (Wildman–Crippen MR) is 100 cm³/mol. The van der Waals surface area contributed by atoms with Crippen molar-refractivity contribution in [2.45, 2.75) is 25.9 Å². The summed E-state index contributed by atoms with van der Waals surface area (Å²) in [6, 6.07) is 8.65. The van der Waals surface area contributed by atoms with Crippen molar-refractivity contribution < 1.29 is 9.59 Å². The predicted octanol–water partition coefficient (Wildman–Crippen LogP) is 2.37. The van der Waals surface area contributed by atoms with Crippen molar-refractivity contribution in [3.8, 4) is 0 Å². The molecule has 0 saturated carbocycles. The highest BCUT2D eigenvalue weighted by atomic mass is 35.5. The Morgan fingerprint density at radius 3 is 2.96 bits per heavy atom. The number of aromatic nitrogens is 2. The number of halogens is 1. The number of nitrogens with one attached hydrogen (secondary N) is 1. The van der Waals surface area contributed by atoms with Gasteiger partial charge in [0.2, 0.25) is 5.91 Å². The van der Waals surface area contributed by atoms with Crippen LogP contribution >= 0.6 is 11.6 Å². The van der Waals surface area contributed by atoms with Crippen molar-refractivity contribution in [1.82, 2.24) is 20.0 Å². The molecule has 2 aromatic rings. The van der Waals surface area contributed by atoms with E-state index in [0.29, 0.717) is 31.2 Å². The summed E-state index contributed by atoms with van der Waals surface area (Å²) >= 11 is 6.01. The van der Waals surface area contributed by atoms with Crippen LogP contribution in [0.2, 0.25) is 5.02 Å². The molecule has 1 N–H and O–H groups in total. The lowest BCUT2D eigenvalue weighted by molar-refractivity contribution is -0.117. The highest BCUT2D eigenvalue weighted by molar-refractivity contribution is 6.30. The number of hydrogen-bond donors (Lipinski definition) is 1. The van der Waals surface area contributed by atoms with Gasteiger partial charge in [-0.25, -0.2) is 4.79 Å². The van der Waals surface area contributed by atoms with E-state index in [1.807, 2.05) is 31.3 Å². The van der Waals surface area contributed by atoms with E-state index >= 15 is 0 Å². The summed E-state index contributed by atoms with van der Waals surface area (Å²) in [5, 5.41) is 7.69. The van der Waals surface area contributed by atoms with E-state index in [-0.39, 0.29) is 24.4 Å². The second-order valence-corrected chi connectivity index (χ2v) is 6.62. The van der Waals surface area contributed by atoms with E-state index in [1.54, 1.807) is 32.8 Å². The second-order valence-electron chi connectivity index (χ2n) is 6.18. The Morgan fingerprint density at radius 2 is 2.27 bits per heavy atom. The molecule has 1 aromatic carbocycles. The zero-order valence-corrected chi connectivity index (χ0v) is 15.4. The lowest BCUT2D eigenvalue weighted by atomic mass is 10.2. The van der Waals surface area contributed by atoms with Gasteiger partial charge in [0.15, 0.2) is 0 Å². The van der Waals surface area contributed by atoms with Crippen molar-refractivity contribution >= 4 is 29.2 Å². The van der Waals surface area contributed by atoms with Gasteiger partial charge in [-0.3, -0.25) is 9.48 Å². The zero-order chi connectivity index (χ0) is 18.5. The first-order chi connectivity index (χ1) is 12.6. The second kappa shape index (κ2) is 8.23. The summed E-state index contributed by atoms with van der Waals surface area (Å²) in [6.07, 6.45) is 3.87. The number of nitrogens with zero attached hydrogens (tertiary/aromatic N) is 4. The number of rotatable bonds is 6. The topological polar surface area (TPSA) is 70.5 Å². The van der Waals surface area contributed by atoms with Crippen LogP contribution in [0.15, 0.2) is 42.7 Å². The Balaban J connectivity index is 1.56. The van der Waals surface area contributed by atoms with E-state index in [4.69, 9.17) is 11.6 Å². The van der Waals surface area contributed by atoms with Crippen LogP contribution in [0.1, 0.15) is 13.3 Å². The van der Waals surface area contributed by atoms with Crippen molar-refractivity contribution in [3.63, 3.8) is 0 Å². The average Bonchev–Trinajstić information content (AvgIpc) is 3.25. The van der Waals surface area contributed by atoms with Gasteiger partial charge in [0.1, 0.15) is 0 Å². The number of anilines is 1. The molecule has 26 heavy (non-hydrogen) atoms. The van der Waals surface area contributed by atoms with Crippen LogP contribution in [0.5, 0.6) is 0 Å². The molecule has 1 aliphatic heterocycles. The third kappa shape index (κ3) is 4.35. The van der Waals surface area contributed by atoms with E-state index < -0.39 is 0 Å². The number of amides is 3. The molecule has 2 heterocycles. The highest BCUT2D eigenvalue weighted by Crippen LogP contribution is 2.24. The molecule has 3 amide bonds. The quantitative estimate of drug-likeness (QED) is 0.842. The fourth-order valence-electron chi connectivity index (χ4n) is 3.02. The first-order valence-corrected chi connectivity index (χ1v) is 9.03. The third-order valence-electron chi connectivity index (χ3n) is 4.40. The minimum Gasteiger partial charge on any atom is -0.333 e. The highest BCUT2D eigenvalue weighted by Gasteiger charge is 2.32. The monoisotopic (exact) mass is 375 g/mol. The molecule has 1 aromatic heterocycles. The summed E-state index contributed by atoms with van der Waals surface area (Å²) in [5.41, 5.74) is 0.755. The molecule has 1 saturated heterocycles. The fraction of sp³-hybridized carbons (Fsp3) is 0.389. The smallest absolute Gasteiger partial charge is 0.317 e. The maximum atomic E-state index is 12.5. The van der Waals surface area contributed by atoms with Gasteiger partial charge in [0.25, 0.3) is 0 Å². The molecule has 1 aliphatic rings. The number of urea groups is 1. The van der Waals surface area contributed by atoms with Crippen molar-refractivity contribution in [2.24, 2.45) is 0 Å². The van der Waals surface area contributed by atoms with Gasteiger partial charge in [-0.2, -0.15) is 5.10 Å². The molecule has 1 fully saturated rings. The molecular weight excluding hydrogens is 354 g/mol. The van der Waals surface area contributed by atoms with Gasteiger partial charge in [-0.05, 0) is 31.2 Å². The summed E-state index contributed by atoms with van der Waals surface area (Å²) in [6.45, 7) is 4.16. The fourth-order valence-corrected chi connectivity index (χ4v) is 3.21. The standard InChI is InChI=1S/C18H22ClN5O2/c1-2-22(9-10-23-8-4-7-20-23)18(26)21-15-12-17(25)24(13-15)16-6-3-5-14(19)11-16/h3-8,11,15H,2,9-10,12-13H2,1H3,(H,21,26)/t15-/m0/s1. The molecular formula is C18H22ClN5O2. The zero-order valence-electron chi connectivity index (χ0n) is 14.6. The number of hydrogen-bond acceptors (Lipinski definition) is 3. The van der Waals surface area contributed by atoms with Crippen LogP contribution in [0.25, 0.3) is 0 Å². The average molecular weight is 376 g/mol. The van der Waals surface area contributed by atoms with E-state index in [2.05, 4.69) is 10.4 Å². The Kier molecular flexibility index (Phi) is 5.78. The summed E-state index contributed by atoms with van der Waals surface area (Å²) < 4.78 is 1.79. The molecule has 1 atom stereocenters. The van der Waals surface area contributed by atoms with Gasteiger partial charge in [0, 0.05) is 49.2 Å². The van der Waals surface area contributed by atoms with Gasteiger partial charge >= 0.3 is 6.03 Å². The Labute approximate surface area is 157 Å². The van der Waals surface area contributed by atoms with Gasteiger partial charge in [0.05, 0.1) is 12.6 Å². The molecule has 0 spiro atoms. The maximum Gasteiger partial charge on any atom is 0.317 e. The van der Waals surface area contributed by atoms with E-state index in [1.165, 1.54) is 0 Å². The van der Waals surface area contributed by atoms with Crippen LogP contribution in [0.3, 0.4) is 0 Å². The molecule has 0 radical (unpaired) electrons. The molecule has 0 aliphatic carbocycles. The molecule has 0 bridgehead atoms. The normalized spacial score (nSPS) is 16.8. The van der Waals surface area contributed by atoms with Crippen LogP contribution in [0, 0.1) is 0 Å². The van der Waals surface area contributed by atoms with Gasteiger partial charge < -0.3 is 15.1 Å². The maximum absolute atomic E-state index is 12.5. The molecule has 138 valence electrons.